The van der Waals surface area contributed by atoms with E-state index >= 15 is 0 Å². The van der Waals surface area contributed by atoms with Crippen LogP contribution in [0.1, 0.15) is 31.7 Å². The third-order valence-electron chi connectivity index (χ3n) is 1.89. The summed E-state index contributed by atoms with van der Waals surface area (Å²) in [4.78, 5) is 8.17. The molecule has 2 nitrogen and oxygen atoms in total. The second-order valence-corrected chi connectivity index (χ2v) is 4.18. The molecule has 0 spiro atoms. The molecule has 4 heteroatoms. The number of halogens is 2. The van der Waals surface area contributed by atoms with Crippen molar-refractivity contribution in [2.45, 2.75) is 26.2 Å². The largest absolute Gasteiger partial charge is 0.229 e. The van der Waals surface area contributed by atoms with E-state index in [1.807, 2.05) is 0 Å². The molecule has 0 saturated carbocycles. The van der Waals surface area contributed by atoms with Crippen molar-refractivity contribution in [3.63, 3.8) is 0 Å². The minimum Gasteiger partial charge on any atom is -0.229 e. The summed E-state index contributed by atoms with van der Waals surface area (Å²) in [6.07, 6.45) is 2.63. The Kier molecular flexibility index (Phi) is 3.65. The van der Waals surface area contributed by atoms with E-state index in [1.54, 1.807) is 6.33 Å². The average molecular weight is 294 g/mol. The monoisotopic (exact) mass is 292 g/mol. The quantitative estimate of drug-likeness (QED) is 0.780. The van der Waals surface area contributed by atoms with Crippen molar-refractivity contribution >= 4 is 31.9 Å². The maximum absolute atomic E-state index is 4.08. The molecule has 0 amide bonds. The van der Waals surface area contributed by atoms with Crippen LogP contribution >= 0.6 is 31.9 Å². The van der Waals surface area contributed by atoms with Crippen molar-refractivity contribution in [3.05, 3.63) is 21.1 Å². The minimum atomic E-state index is 0.481. The lowest BCUT2D eigenvalue weighted by Gasteiger charge is -2.11. The van der Waals surface area contributed by atoms with Gasteiger partial charge in [0.15, 0.2) is 0 Å². The van der Waals surface area contributed by atoms with Crippen LogP contribution in [-0.4, -0.2) is 9.97 Å². The van der Waals surface area contributed by atoms with Gasteiger partial charge in [-0.1, -0.05) is 13.8 Å². The fourth-order valence-electron chi connectivity index (χ4n) is 0.965. The Labute approximate surface area is 89.1 Å². The second kappa shape index (κ2) is 4.33. The fraction of sp³-hybridized carbons (Fsp3) is 0.500. The molecule has 0 fully saturated rings. The average Bonchev–Trinajstić information content (AvgIpc) is 2.03. The van der Waals surface area contributed by atoms with Gasteiger partial charge in [0.25, 0.3) is 0 Å². The van der Waals surface area contributed by atoms with Gasteiger partial charge in [0.05, 0.1) is 0 Å². The van der Waals surface area contributed by atoms with Crippen LogP contribution in [-0.2, 0) is 0 Å². The Morgan fingerprint density at radius 2 is 1.83 bits per heavy atom. The molecular weight excluding hydrogens is 284 g/mol. The molecule has 0 aliphatic heterocycles. The first-order valence-electron chi connectivity index (χ1n) is 3.82. The maximum Gasteiger partial charge on any atom is 0.118 e. The first kappa shape index (κ1) is 10.1. The Balaban J connectivity index is 3.12. The highest BCUT2D eigenvalue weighted by molar-refractivity contribution is 9.11. The number of nitrogens with zero attached hydrogens (tertiary/aromatic N) is 2. The van der Waals surface area contributed by atoms with Gasteiger partial charge in [0, 0.05) is 5.56 Å². The van der Waals surface area contributed by atoms with E-state index in [4.69, 9.17) is 0 Å². The van der Waals surface area contributed by atoms with Crippen LogP contribution in [0, 0.1) is 0 Å². The van der Waals surface area contributed by atoms with Crippen LogP contribution in [0.15, 0.2) is 15.5 Å². The van der Waals surface area contributed by atoms with Gasteiger partial charge in [0.2, 0.25) is 0 Å². The zero-order valence-corrected chi connectivity index (χ0v) is 10.2. The lowest BCUT2D eigenvalue weighted by atomic mass is 10.0. The van der Waals surface area contributed by atoms with Gasteiger partial charge in [-0.15, -0.1) is 0 Å². The van der Waals surface area contributed by atoms with Crippen LogP contribution in [0.2, 0.25) is 0 Å². The van der Waals surface area contributed by atoms with E-state index in [-0.39, 0.29) is 0 Å². The van der Waals surface area contributed by atoms with Gasteiger partial charge in [-0.25, -0.2) is 9.97 Å². The normalized spacial score (nSPS) is 13.0. The first-order chi connectivity index (χ1) is 5.66. The second-order valence-electron chi connectivity index (χ2n) is 2.68. The zero-order valence-electron chi connectivity index (χ0n) is 7.01. The van der Waals surface area contributed by atoms with E-state index < -0.39 is 0 Å². The van der Waals surface area contributed by atoms with Crippen LogP contribution in [0.4, 0.5) is 0 Å². The zero-order chi connectivity index (χ0) is 9.14. The summed E-state index contributed by atoms with van der Waals surface area (Å²) in [6.45, 7) is 4.31. The predicted molar refractivity (Wildman–Crippen MR) is 56.1 cm³/mol. The summed E-state index contributed by atoms with van der Waals surface area (Å²) in [5, 5.41) is 0. The minimum absolute atomic E-state index is 0.481. The third-order valence-corrected chi connectivity index (χ3v) is 3.16. The van der Waals surface area contributed by atoms with Crippen molar-refractivity contribution in [1.82, 2.24) is 9.97 Å². The molecule has 0 radical (unpaired) electrons. The Bertz CT molecular complexity index is 256. The van der Waals surface area contributed by atoms with Crippen molar-refractivity contribution in [3.8, 4) is 0 Å². The molecule has 66 valence electrons. The highest BCUT2D eigenvalue weighted by Gasteiger charge is 2.12. The first-order valence-corrected chi connectivity index (χ1v) is 5.41. The van der Waals surface area contributed by atoms with Crippen molar-refractivity contribution in [2.24, 2.45) is 0 Å². The smallest absolute Gasteiger partial charge is 0.118 e. The topological polar surface area (TPSA) is 25.8 Å². The van der Waals surface area contributed by atoms with Gasteiger partial charge >= 0.3 is 0 Å². The molecule has 0 aliphatic rings. The summed E-state index contributed by atoms with van der Waals surface area (Å²) in [6, 6.07) is 0. The predicted octanol–water partition coefficient (Wildman–Crippen LogP) is 3.52. The third kappa shape index (κ3) is 2.04. The van der Waals surface area contributed by atoms with E-state index in [0.717, 1.165) is 21.2 Å². The molecular formula is C8H10Br2N2. The lowest BCUT2D eigenvalue weighted by Crippen LogP contribution is -1.98. The molecule has 0 bridgehead atoms. The van der Waals surface area contributed by atoms with E-state index in [9.17, 15) is 0 Å². The van der Waals surface area contributed by atoms with Gasteiger partial charge in [-0.05, 0) is 44.2 Å². The Morgan fingerprint density at radius 3 is 2.25 bits per heavy atom. The van der Waals surface area contributed by atoms with E-state index in [1.165, 1.54) is 0 Å². The van der Waals surface area contributed by atoms with Crippen molar-refractivity contribution in [2.75, 3.05) is 0 Å². The number of aromatic nitrogens is 2. The van der Waals surface area contributed by atoms with Gasteiger partial charge in [-0.2, -0.15) is 0 Å². The molecule has 1 aromatic heterocycles. The summed E-state index contributed by atoms with van der Waals surface area (Å²) in [5.41, 5.74) is 1.15. The van der Waals surface area contributed by atoms with Crippen molar-refractivity contribution < 1.29 is 0 Å². The highest BCUT2D eigenvalue weighted by Crippen LogP contribution is 2.30. The number of hydrogen-bond acceptors (Lipinski definition) is 2. The molecule has 1 atom stereocenters. The molecule has 0 saturated heterocycles. The van der Waals surface area contributed by atoms with Crippen LogP contribution in [0.5, 0.6) is 0 Å². The van der Waals surface area contributed by atoms with Gasteiger partial charge in [0.1, 0.15) is 15.5 Å². The lowest BCUT2D eigenvalue weighted by molar-refractivity contribution is 0.713. The molecule has 0 N–H and O–H groups in total. The molecule has 0 unspecified atom stereocenters. The van der Waals surface area contributed by atoms with E-state index in [0.29, 0.717) is 5.92 Å². The maximum atomic E-state index is 4.08. The molecule has 0 aliphatic carbocycles. The van der Waals surface area contributed by atoms with Crippen LogP contribution in [0.3, 0.4) is 0 Å². The molecule has 1 rings (SSSR count). The molecule has 0 aromatic carbocycles. The summed E-state index contributed by atoms with van der Waals surface area (Å²) >= 11 is 6.81. The van der Waals surface area contributed by atoms with Gasteiger partial charge < -0.3 is 0 Å². The summed E-state index contributed by atoms with van der Waals surface area (Å²) in [5.74, 6) is 0.481. The standard InChI is InChI=1S/C8H10Br2N2/c1-3-5(2)6-7(9)11-4-12-8(6)10/h4-5H,3H2,1-2H3/t5-/m1/s1. The van der Waals surface area contributed by atoms with Crippen molar-refractivity contribution in [1.29, 1.82) is 0 Å². The van der Waals surface area contributed by atoms with E-state index in [2.05, 4.69) is 55.7 Å². The summed E-state index contributed by atoms with van der Waals surface area (Å²) < 4.78 is 1.78. The van der Waals surface area contributed by atoms with Crippen LogP contribution in [0.25, 0.3) is 0 Å². The molecule has 1 aromatic rings. The molecule has 1 heterocycles. The Hall–Kier alpha value is 0.0400. The highest BCUT2D eigenvalue weighted by atomic mass is 79.9. The fourth-order valence-corrected chi connectivity index (χ4v) is 2.57. The van der Waals surface area contributed by atoms with Gasteiger partial charge in [-0.3, -0.25) is 0 Å². The SMILES string of the molecule is CC[C@@H](C)c1c(Br)ncnc1Br. The molecule has 12 heavy (non-hydrogen) atoms. The number of hydrogen-bond donors (Lipinski definition) is 0. The van der Waals surface area contributed by atoms with Crippen LogP contribution < -0.4 is 0 Å². The Morgan fingerprint density at radius 1 is 1.33 bits per heavy atom. The number of rotatable bonds is 2. The summed E-state index contributed by atoms with van der Waals surface area (Å²) in [7, 11) is 0.